The number of aryl methyl sites for hydroxylation is 1. The van der Waals surface area contributed by atoms with Crippen molar-refractivity contribution in [3.05, 3.63) is 64.7 Å². The highest BCUT2D eigenvalue weighted by Crippen LogP contribution is 2.25. The summed E-state index contributed by atoms with van der Waals surface area (Å²) < 4.78 is 1.19. The first-order valence-corrected chi connectivity index (χ1v) is 6.77. The van der Waals surface area contributed by atoms with Crippen LogP contribution in [0.4, 0.5) is 0 Å². The molecule has 0 aliphatic carbocycles. The second-order valence-electron chi connectivity index (χ2n) is 4.46. The number of nitrogens with two attached hydrogens (primary N) is 1. The molecule has 1 unspecified atom stereocenters. The number of hydrogen-bond acceptors (Lipinski definition) is 3. The Hall–Kier alpha value is -1.71. The van der Waals surface area contributed by atoms with Crippen LogP contribution in [0.3, 0.4) is 0 Å². The topological polar surface area (TPSA) is 38.9 Å². The van der Waals surface area contributed by atoms with E-state index in [-0.39, 0.29) is 6.04 Å². The molecule has 0 saturated carbocycles. The molecule has 0 bridgehead atoms. The van der Waals surface area contributed by atoms with Gasteiger partial charge in [-0.2, -0.15) is 0 Å². The van der Waals surface area contributed by atoms with Gasteiger partial charge in [0.25, 0.3) is 0 Å². The van der Waals surface area contributed by atoms with Crippen LogP contribution in [0.2, 0.25) is 0 Å². The quantitative estimate of drug-likeness (QED) is 0.758. The van der Waals surface area contributed by atoms with E-state index in [0.29, 0.717) is 0 Å². The molecular weight excluding hydrogens is 240 g/mol. The monoisotopic (exact) mass is 254 g/mol. The predicted octanol–water partition coefficient (Wildman–Crippen LogP) is 3.65. The summed E-state index contributed by atoms with van der Waals surface area (Å²) in [4.78, 5) is 4.44. The third-order valence-corrected chi connectivity index (χ3v) is 3.94. The van der Waals surface area contributed by atoms with E-state index in [1.807, 2.05) is 18.3 Å². The third-order valence-electron chi connectivity index (χ3n) is 3.08. The van der Waals surface area contributed by atoms with E-state index >= 15 is 0 Å². The third kappa shape index (κ3) is 2.03. The Bertz CT molecular complexity index is 688. The van der Waals surface area contributed by atoms with Crippen molar-refractivity contribution in [2.24, 2.45) is 5.73 Å². The minimum atomic E-state index is -0.108. The Morgan fingerprint density at radius 3 is 2.89 bits per heavy atom. The van der Waals surface area contributed by atoms with Gasteiger partial charge in [-0.15, -0.1) is 11.3 Å². The first-order chi connectivity index (χ1) is 8.74. The van der Waals surface area contributed by atoms with Crippen molar-refractivity contribution < 1.29 is 0 Å². The standard InChI is InChI=1S/C15H14N2S/c1-10-3-2-4-11(7-10)15(16)12-8-14-13(17-9-12)5-6-18-14/h2-9,15H,16H2,1H3. The molecule has 0 saturated heterocycles. The van der Waals surface area contributed by atoms with Gasteiger partial charge in [0, 0.05) is 6.20 Å². The number of rotatable bonds is 2. The van der Waals surface area contributed by atoms with E-state index in [2.05, 4.69) is 41.6 Å². The van der Waals surface area contributed by atoms with Crippen LogP contribution in [-0.2, 0) is 0 Å². The first kappa shape index (κ1) is 11.4. The summed E-state index contributed by atoms with van der Waals surface area (Å²) in [5.41, 5.74) is 10.8. The van der Waals surface area contributed by atoms with Gasteiger partial charge in [0.05, 0.1) is 16.3 Å². The first-order valence-electron chi connectivity index (χ1n) is 5.89. The Labute approximate surface area is 110 Å². The van der Waals surface area contributed by atoms with E-state index < -0.39 is 0 Å². The molecule has 0 radical (unpaired) electrons. The van der Waals surface area contributed by atoms with Crippen molar-refractivity contribution in [1.82, 2.24) is 4.98 Å². The molecule has 3 heteroatoms. The second kappa shape index (κ2) is 4.52. The predicted molar refractivity (Wildman–Crippen MR) is 76.8 cm³/mol. The van der Waals surface area contributed by atoms with Gasteiger partial charge in [-0.25, -0.2) is 0 Å². The molecule has 18 heavy (non-hydrogen) atoms. The van der Waals surface area contributed by atoms with E-state index in [9.17, 15) is 0 Å². The van der Waals surface area contributed by atoms with Gasteiger partial charge < -0.3 is 5.73 Å². The van der Waals surface area contributed by atoms with Gasteiger partial charge in [-0.05, 0) is 35.6 Å². The zero-order valence-electron chi connectivity index (χ0n) is 10.1. The van der Waals surface area contributed by atoms with Crippen molar-refractivity contribution in [3.63, 3.8) is 0 Å². The number of pyridine rings is 1. The number of benzene rings is 1. The summed E-state index contributed by atoms with van der Waals surface area (Å²) in [7, 11) is 0. The average Bonchev–Trinajstić information content (AvgIpc) is 2.85. The minimum absolute atomic E-state index is 0.108. The van der Waals surface area contributed by atoms with Crippen molar-refractivity contribution in [1.29, 1.82) is 0 Å². The fraction of sp³-hybridized carbons (Fsp3) is 0.133. The molecule has 3 rings (SSSR count). The molecule has 0 fully saturated rings. The van der Waals surface area contributed by atoms with Crippen molar-refractivity contribution in [2.75, 3.05) is 0 Å². The SMILES string of the molecule is Cc1cccc(C(N)c2cnc3ccsc3c2)c1. The highest BCUT2D eigenvalue weighted by molar-refractivity contribution is 7.17. The maximum atomic E-state index is 6.31. The molecular formula is C15H14N2S. The number of fused-ring (bicyclic) bond motifs is 1. The van der Waals surface area contributed by atoms with E-state index in [4.69, 9.17) is 5.73 Å². The molecule has 0 amide bonds. The Morgan fingerprint density at radius 1 is 1.17 bits per heavy atom. The highest BCUT2D eigenvalue weighted by atomic mass is 32.1. The van der Waals surface area contributed by atoms with Crippen molar-refractivity contribution in [3.8, 4) is 0 Å². The Balaban J connectivity index is 2.02. The zero-order valence-corrected chi connectivity index (χ0v) is 10.9. The fourth-order valence-corrected chi connectivity index (χ4v) is 2.88. The van der Waals surface area contributed by atoms with Crippen molar-refractivity contribution in [2.45, 2.75) is 13.0 Å². The zero-order chi connectivity index (χ0) is 12.5. The molecule has 2 nitrogen and oxygen atoms in total. The summed E-state index contributed by atoms with van der Waals surface area (Å²) in [6.45, 7) is 2.08. The van der Waals surface area contributed by atoms with Gasteiger partial charge in [0.15, 0.2) is 0 Å². The van der Waals surface area contributed by atoms with Gasteiger partial charge in [0.1, 0.15) is 0 Å². The highest BCUT2D eigenvalue weighted by Gasteiger charge is 2.10. The molecule has 1 atom stereocenters. The van der Waals surface area contributed by atoms with Crippen LogP contribution in [0, 0.1) is 6.92 Å². The average molecular weight is 254 g/mol. The summed E-state index contributed by atoms with van der Waals surface area (Å²) in [5.74, 6) is 0. The van der Waals surface area contributed by atoms with Crippen LogP contribution >= 0.6 is 11.3 Å². The van der Waals surface area contributed by atoms with Crippen LogP contribution < -0.4 is 5.73 Å². The molecule has 3 aromatic rings. The van der Waals surface area contributed by atoms with E-state index in [0.717, 1.165) is 16.6 Å². The molecule has 90 valence electrons. The molecule has 2 heterocycles. The van der Waals surface area contributed by atoms with Crippen LogP contribution in [0.5, 0.6) is 0 Å². The lowest BCUT2D eigenvalue weighted by atomic mass is 9.99. The number of nitrogens with zero attached hydrogens (tertiary/aromatic N) is 1. The molecule has 2 aromatic heterocycles. The second-order valence-corrected chi connectivity index (χ2v) is 5.41. The largest absolute Gasteiger partial charge is 0.320 e. The van der Waals surface area contributed by atoms with Crippen LogP contribution in [-0.4, -0.2) is 4.98 Å². The van der Waals surface area contributed by atoms with Gasteiger partial charge >= 0.3 is 0 Å². The molecule has 2 N–H and O–H groups in total. The summed E-state index contributed by atoms with van der Waals surface area (Å²) in [6.07, 6.45) is 1.88. The summed E-state index contributed by atoms with van der Waals surface area (Å²) in [5, 5.41) is 2.06. The van der Waals surface area contributed by atoms with Crippen LogP contribution in [0.25, 0.3) is 10.2 Å². The van der Waals surface area contributed by atoms with Gasteiger partial charge in [0.2, 0.25) is 0 Å². The molecule has 1 aromatic carbocycles. The maximum absolute atomic E-state index is 6.31. The Kier molecular flexibility index (Phi) is 2.86. The lowest BCUT2D eigenvalue weighted by Crippen LogP contribution is -2.12. The van der Waals surface area contributed by atoms with Crippen LogP contribution in [0.15, 0.2) is 48.0 Å². The molecule has 0 spiro atoms. The number of hydrogen-bond donors (Lipinski definition) is 1. The normalized spacial score (nSPS) is 12.8. The van der Waals surface area contributed by atoms with E-state index in [1.54, 1.807) is 11.3 Å². The lowest BCUT2D eigenvalue weighted by Gasteiger charge is -2.12. The van der Waals surface area contributed by atoms with E-state index in [1.165, 1.54) is 10.3 Å². The van der Waals surface area contributed by atoms with Crippen molar-refractivity contribution >= 4 is 21.6 Å². The van der Waals surface area contributed by atoms with Gasteiger partial charge in [-0.3, -0.25) is 4.98 Å². The minimum Gasteiger partial charge on any atom is -0.320 e. The number of aromatic nitrogens is 1. The summed E-state index contributed by atoms with van der Waals surface area (Å²) >= 11 is 1.70. The lowest BCUT2D eigenvalue weighted by molar-refractivity contribution is 0.865. The molecule has 0 aliphatic rings. The summed E-state index contributed by atoms with van der Waals surface area (Å²) in [6, 6.07) is 12.4. The van der Waals surface area contributed by atoms with Gasteiger partial charge in [-0.1, -0.05) is 29.8 Å². The Morgan fingerprint density at radius 2 is 2.06 bits per heavy atom. The smallest absolute Gasteiger partial charge is 0.0809 e. The number of thiophene rings is 1. The molecule has 0 aliphatic heterocycles. The van der Waals surface area contributed by atoms with Crippen LogP contribution in [0.1, 0.15) is 22.7 Å². The maximum Gasteiger partial charge on any atom is 0.0809 e. The fourth-order valence-electron chi connectivity index (χ4n) is 2.09.